The zero-order valence-corrected chi connectivity index (χ0v) is 9.96. The summed E-state index contributed by atoms with van der Waals surface area (Å²) in [5.41, 5.74) is -0.105. The summed E-state index contributed by atoms with van der Waals surface area (Å²) in [5, 5.41) is 8.27. The second-order valence-electron chi connectivity index (χ2n) is 3.02. The molecule has 0 N–H and O–H groups in total. The molecular weight excluding hydrogens is 277 g/mol. The monoisotopic (exact) mass is 285 g/mol. The molecule has 0 radical (unpaired) electrons. The van der Waals surface area contributed by atoms with E-state index < -0.39 is 11.8 Å². The number of carbonyl (C=O) groups excluding carboxylic acids is 1. The molecule has 0 saturated carbocycles. The van der Waals surface area contributed by atoms with Gasteiger partial charge in [0, 0.05) is 10.9 Å². The number of hydrogen-bond donors (Lipinski definition) is 0. The van der Waals surface area contributed by atoms with Crippen LogP contribution in [0.5, 0.6) is 0 Å². The van der Waals surface area contributed by atoms with Gasteiger partial charge in [0.05, 0.1) is 18.2 Å². The maximum absolute atomic E-state index is 13.2. The number of nitriles is 1. The van der Waals surface area contributed by atoms with Crippen LogP contribution in [0.3, 0.4) is 0 Å². The quantitative estimate of drug-likeness (QED) is 0.631. The Bertz CT molecular complexity index is 428. The molecule has 0 atom stereocenters. The molecular formula is C11H9BrFNO2. The molecule has 84 valence electrons. The molecule has 0 aliphatic heterocycles. The predicted molar refractivity (Wildman–Crippen MR) is 59.2 cm³/mol. The normalized spacial score (nSPS) is 9.56. The number of unbranched alkanes of at least 4 members (excludes halogenated alkanes) is 1. The van der Waals surface area contributed by atoms with Gasteiger partial charge in [-0.05, 0) is 24.6 Å². The first-order valence-electron chi connectivity index (χ1n) is 4.64. The summed E-state index contributed by atoms with van der Waals surface area (Å²) in [6.45, 7) is 0.123. The molecule has 0 aliphatic rings. The van der Waals surface area contributed by atoms with Gasteiger partial charge in [0.15, 0.2) is 0 Å². The first kappa shape index (κ1) is 12.7. The van der Waals surface area contributed by atoms with E-state index in [9.17, 15) is 9.18 Å². The first-order valence-corrected chi connectivity index (χ1v) is 5.43. The fraction of sp³-hybridized carbons (Fsp3) is 0.273. The highest BCUT2D eigenvalue weighted by Gasteiger charge is 2.13. The number of benzene rings is 1. The minimum atomic E-state index is -0.711. The number of ether oxygens (including phenoxy) is 1. The van der Waals surface area contributed by atoms with Crippen LogP contribution in [-0.2, 0) is 4.74 Å². The second-order valence-corrected chi connectivity index (χ2v) is 3.94. The Morgan fingerprint density at radius 1 is 1.56 bits per heavy atom. The Kier molecular flexibility index (Phi) is 4.93. The van der Waals surface area contributed by atoms with E-state index in [-0.39, 0.29) is 12.2 Å². The van der Waals surface area contributed by atoms with E-state index in [0.717, 1.165) is 0 Å². The number of carbonyl (C=O) groups is 1. The fourth-order valence-corrected chi connectivity index (χ4v) is 1.41. The number of halogens is 2. The van der Waals surface area contributed by atoms with Crippen molar-refractivity contribution < 1.29 is 13.9 Å². The third-order valence-corrected chi connectivity index (χ3v) is 2.31. The fourth-order valence-electron chi connectivity index (χ4n) is 1.05. The maximum atomic E-state index is 13.2. The number of nitrogens with zero attached hydrogens (tertiary/aromatic N) is 1. The van der Waals surface area contributed by atoms with Crippen LogP contribution in [0.2, 0.25) is 0 Å². The molecule has 0 amide bonds. The van der Waals surface area contributed by atoms with E-state index in [0.29, 0.717) is 17.3 Å². The third kappa shape index (κ3) is 3.63. The van der Waals surface area contributed by atoms with Crippen molar-refractivity contribution in [3.05, 3.63) is 34.1 Å². The van der Waals surface area contributed by atoms with Crippen LogP contribution in [0, 0.1) is 17.1 Å². The standard InChI is InChI=1S/C11H9BrFNO2/c12-8-3-4-10(13)9(7-8)11(15)16-6-2-1-5-14/h3-4,7H,1-2,6H2. The number of esters is 1. The topological polar surface area (TPSA) is 50.1 Å². The smallest absolute Gasteiger partial charge is 0.341 e. The van der Waals surface area contributed by atoms with Gasteiger partial charge in [-0.15, -0.1) is 0 Å². The zero-order valence-electron chi connectivity index (χ0n) is 8.37. The summed E-state index contributed by atoms with van der Waals surface area (Å²) >= 11 is 3.14. The van der Waals surface area contributed by atoms with Gasteiger partial charge in [0.2, 0.25) is 0 Å². The highest BCUT2D eigenvalue weighted by Crippen LogP contribution is 2.16. The van der Waals surface area contributed by atoms with Crippen molar-refractivity contribution in [3.63, 3.8) is 0 Å². The lowest BCUT2D eigenvalue weighted by atomic mass is 10.2. The average Bonchev–Trinajstić information content (AvgIpc) is 2.27. The van der Waals surface area contributed by atoms with Gasteiger partial charge in [0.1, 0.15) is 5.82 Å². The Morgan fingerprint density at radius 3 is 3.00 bits per heavy atom. The van der Waals surface area contributed by atoms with Gasteiger partial charge >= 0.3 is 5.97 Å². The Labute approximate surface area is 101 Å². The lowest BCUT2D eigenvalue weighted by molar-refractivity contribution is 0.0496. The lowest BCUT2D eigenvalue weighted by Crippen LogP contribution is -2.08. The van der Waals surface area contributed by atoms with Gasteiger partial charge in [-0.1, -0.05) is 15.9 Å². The second kappa shape index (κ2) is 6.23. The summed E-state index contributed by atoms with van der Waals surface area (Å²) in [6, 6.07) is 5.98. The van der Waals surface area contributed by atoms with Crippen molar-refractivity contribution in [1.82, 2.24) is 0 Å². The number of rotatable bonds is 4. The highest BCUT2D eigenvalue weighted by atomic mass is 79.9. The van der Waals surface area contributed by atoms with Gasteiger partial charge in [-0.3, -0.25) is 0 Å². The van der Waals surface area contributed by atoms with Crippen molar-refractivity contribution >= 4 is 21.9 Å². The molecule has 0 saturated heterocycles. The molecule has 0 aliphatic carbocycles. The first-order chi connectivity index (χ1) is 7.65. The van der Waals surface area contributed by atoms with E-state index in [1.165, 1.54) is 18.2 Å². The predicted octanol–water partition coefficient (Wildman–Crippen LogP) is 3.05. The van der Waals surface area contributed by atoms with E-state index in [4.69, 9.17) is 10.00 Å². The van der Waals surface area contributed by atoms with Gasteiger partial charge in [0.25, 0.3) is 0 Å². The lowest BCUT2D eigenvalue weighted by Gasteiger charge is -2.04. The molecule has 0 unspecified atom stereocenters. The van der Waals surface area contributed by atoms with Crippen molar-refractivity contribution in [2.24, 2.45) is 0 Å². The van der Waals surface area contributed by atoms with Crippen LogP contribution in [0.15, 0.2) is 22.7 Å². The summed E-state index contributed by atoms with van der Waals surface area (Å²) in [7, 11) is 0. The van der Waals surface area contributed by atoms with Crippen LogP contribution in [0.1, 0.15) is 23.2 Å². The third-order valence-electron chi connectivity index (χ3n) is 1.81. The van der Waals surface area contributed by atoms with E-state index in [2.05, 4.69) is 15.9 Å². The van der Waals surface area contributed by atoms with E-state index in [1.807, 2.05) is 6.07 Å². The minimum Gasteiger partial charge on any atom is -0.462 e. The molecule has 0 spiro atoms. The summed E-state index contributed by atoms with van der Waals surface area (Å²) in [5.74, 6) is -1.33. The van der Waals surface area contributed by atoms with E-state index >= 15 is 0 Å². The maximum Gasteiger partial charge on any atom is 0.341 e. The summed E-state index contributed by atoms with van der Waals surface area (Å²) in [6.07, 6.45) is 0.770. The highest BCUT2D eigenvalue weighted by molar-refractivity contribution is 9.10. The van der Waals surface area contributed by atoms with Crippen LogP contribution in [0.4, 0.5) is 4.39 Å². The van der Waals surface area contributed by atoms with Crippen molar-refractivity contribution in [2.75, 3.05) is 6.61 Å². The molecule has 0 heterocycles. The molecule has 0 aromatic heterocycles. The van der Waals surface area contributed by atoms with Gasteiger partial charge < -0.3 is 4.74 Å². The van der Waals surface area contributed by atoms with Crippen LogP contribution in [0.25, 0.3) is 0 Å². The van der Waals surface area contributed by atoms with E-state index in [1.54, 1.807) is 0 Å². The average molecular weight is 286 g/mol. The number of hydrogen-bond acceptors (Lipinski definition) is 3. The van der Waals surface area contributed by atoms with Crippen LogP contribution < -0.4 is 0 Å². The van der Waals surface area contributed by atoms with Crippen LogP contribution in [-0.4, -0.2) is 12.6 Å². The Balaban J connectivity index is 2.59. The van der Waals surface area contributed by atoms with Crippen LogP contribution >= 0.6 is 15.9 Å². The molecule has 1 aromatic carbocycles. The zero-order chi connectivity index (χ0) is 12.0. The molecule has 1 rings (SSSR count). The Morgan fingerprint density at radius 2 is 2.31 bits per heavy atom. The SMILES string of the molecule is N#CCCCOC(=O)c1cc(Br)ccc1F. The molecule has 0 bridgehead atoms. The van der Waals surface area contributed by atoms with Gasteiger partial charge in [-0.2, -0.15) is 5.26 Å². The van der Waals surface area contributed by atoms with Crippen molar-refractivity contribution in [1.29, 1.82) is 5.26 Å². The minimum absolute atomic E-state index is 0.105. The molecule has 0 fully saturated rings. The molecule has 1 aromatic rings. The Hall–Kier alpha value is -1.41. The molecule has 16 heavy (non-hydrogen) atoms. The molecule has 5 heteroatoms. The largest absolute Gasteiger partial charge is 0.462 e. The van der Waals surface area contributed by atoms with Gasteiger partial charge in [-0.25, -0.2) is 9.18 Å². The summed E-state index contributed by atoms with van der Waals surface area (Å²) < 4.78 is 18.6. The van der Waals surface area contributed by atoms with Crippen molar-refractivity contribution in [2.45, 2.75) is 12.8 Å². The summed E-state index contributed by atoms with van der Waals surface area (Å²) in [4.78, 5) is 11.4. The molecule has 3 nitrogen and oxygen atoms in total. The van der Waals surface area contributed by atoms with Crippen molar-refractivity contribution in [3.8, 4) is 6.07 Å².